The maximum Gasteiger partial charge on any atom is 0.414 e. The summed E-state index contributed by atoms with van der Waals surface area (Å²) >= 11 is 0. The van der Waals surface area contributed by atoms with E-state index in [2.05, 4.69) is 24.9 Å². The molecule has 0 spiro atoms. The molecule has 1 saturated heterocycles. The highest BCUT2D eigenvalue weighted by molar-refractivity contribution is 5.94. The number of aromatic nitrogens is 1. The summed E-state index contributed by atoms with van der Waals surface area (Å²) in [6, 6.07) is 15.4. The molecule has 1 aliphatic heterocycles. The lowest BCUT2D eigenvalue weighted by atomic mass is 9.95. The number of aliphatic hydroxyl groups excluding tert-OH is 1. The third-order valence-corrected chi connectivity index (χ3v) is 5.15. The van der Waals surface area contributed by atoms with Gasteiger partial charge in [-0.3, -0.25) is 9.69 Å². The average Bonchev–Trinajstić information content (AvgIpc) is 3.08. The molecule has 3 aromatic rings. The lowest BCUT2D eigenvalue weighted by Crippen LogP contribution is -2.25. The zero-order valence-corrected chi connectivity index (χ0v) is 16.5. The molecule has 1 aromatic heterocycles. The van der Waals surface area contributed by atoms with Crippen molar-refractivity contribution in [3.05, 3.63) is 64.4 Å². The van der Waals surface area contributed by atoms with Gasteiger partial charge in [-0.15, -0.1) is 0 Å². The van der Waals surface area contributed by atoms with Crippen LogP contribution in [0.3, 0.4) is 0 Å². The molecule has 0 saturated carbocycles. The number of fused-ring (bicyclic) bond motifs is 1. The molecule has 1 unspecified atom stereocenters. The van der Waals surface area contributed by atoms with Crippen molar-refractivity contribution in [1.82, 2.24) is 4.98 Å². The molecular weight excluding hydrogens is 368 g/mol. The maximum atomic E-state index is 12.8. The first-order chi connectivity index (χ1) is 14.0. The molecule has 29 heavy (non-hydrogen) atoms. The highest BCUT2D eigenvalue weighted by Crippen LogP contribution is 2.28. The number of rotatable bonds is 5. The van der Waals surface area contributed by atoms with E-state index in [-0.39, 0.29) is 18.7 Å². The highest BCUT2D eigenvalue weighted by atomic mass is 16.6. The number of pyridine rings is 1. The van der Waals surface area contributed by atoms with Gasteiger partial charge in [0.15, 0.2) is 0 Å². The van der Waals surface area contributed by atoms with Crippen LogP contribution in [-0.4, -0.2) is 35.4 Å². The summed E-state index contributed by atoms with van der Waals surface area (Å²) in [5, 5.41) is 10.5. The van der Waals surface area contributed by atoms with Crippen LogP contribution in [0.1, 0.15) is 19.4 Å². The van der Waals surface area contributed by atoms with Crippen LogP contribution in [0.5, 0.6) is 0 Å². The van der Waals surface area contributed by atoms with Crippen molar-refractivity contribution >= 4 is 22.6 Å². The van der Waals surface area contributed by atoms with Gasteiger partial charge in [0.05, 0.1) is 13.2 Å². The predicted octanol–water partition coefficient (Wildman–Crippen LogP) is 3.71. The Labute approximate surface area is 168 Å². The minimum absolute atomic E-state index is 0.204. The second-order valence-corrected chi connectivity index (χ2v) is 7.84. The number of aliphatic hydroxyl groups is 1. The van der Waals surface area contributed by atoms with Gasteiger partial charge in [-0.1, -0.05) is 44.2 Å². The number of amides is 1. The van der Waals surface area contributed by atoms with Crippen LogP contribution in [0.2, 0.25) is 0 Å². The summed E-state index contributed by atoms with van der Waals surface area (Å²) < 4.78 is 5.09. The van der Waals surface area contributed by atoms with E-state index in [9.17, 15) is 14.7 Å². The Kier molecular flexibility index (Phi) is 5.11. The van der Waals surface area contributed by atoms with Crippen LogP contribution in [0.15, 0.2) is 53.3 Å². The predicted molar refractivity (Wildman–Crippen MR) is 113 cm³/mol. The minimum Gasteiger partial charge on any atom is -0.441 e. The average molecular weight is 392 g/mol. The van der Waals surface area contributed by atoms with E-state index < -0.39 is 12.2 Å². The number of aromatic amines is 1. The van der Waals surface area contributed by atoms with Gasteiger partial charge < -0.3 is 14.8 Å². The second kappa shape index (κ2) is 7.72. The molecule has 2 aromatic carbocycles. The van der Waals surface area contributed by atoms with E-state index in [1.54, 1.807) is 12.1 Å². The van der Waals surface area contributed by atoms with Crippen LogP contribution < -0.4 is 10.5 Å². The molecule has 2 N–H and O–H groups in total. The molecule has 0 bridgehead atoms. The van der Waals surface area contributed by atoms with E-state index in [1.165, 1.54) is 10.5 Å². The van der Waals surface area contributed by atoms with Crippen molar-refractivity contribution in [2.75, 3.05) is 18.1 Å². The zero-order valence-electron chi connectivity index (χ0n) is 16.5. The molecule has 1 aliphatic rings. The summed E-state index contributed by atoms with van der Waals surface area (Å²) in [4.78, 5) is 29.3. The molecule has 4 rings (SSSR count). The van der Waals surface area contributed by atoms with E-state index in [0.717, 1.165) is 23.1 Å². The van der Waals surface area contributed by atoms with Crippen LogP contribution in [0.25, 0.3) is 22.0 Å². The lowest BCUT2D eigenvalue weighted by Gasteiger charge is -2.15. The van der Waals surface area contributed by atoms with Crippen molar-refractivity contribution in [1.29, 1.82) is 0 Å². The Hall–Kier alpha value is -3.12. The Balaban J connectivity index is 1.75. The van der Waals surface area contributed by atoms with E-state index in [1.807, 2.05) is 30.3 Å². The summed E-state index contributed by atoms with van der Waals surface area (Å²) in [6.45, 7) is 4.38. The first kappa shape index (κ1) is 19.2. The lowest BCUT2D eigenvalue weighted by molar-refractivity contribution is 0.0963. The van der Waals surface area contributed by atoms with Crippen molar-refractivity contribution in [3.63, 3.8) is 0 Å². The van der Waals surface area contributed by atoms with Gasteiger partial charge >= 0.3 is 6.09 Å². The first-order valence-corrected chi connectivity index (χ1v) is 9.80. The van der Waals surface area contributed by atoms with Crippen LogP contribution in [-0.2, 0) is 11.2 Å². The second-order valence-electron chi connectivity index (χ2n) is 7.84. The quantitative estimate of drug-likeness (QED) is 0.693. The van der Waals surface area contributed by atoms with Gasteiger partial charge in [-0.25, -0.2) is 4.79 Å². The first-order valence-electron chi connectivity index (χ1n) is 9.80. The monoisotopic (exact) mass is 392 g/mol. The van der Waals surface area contributed by atoms with Crippen LogP contribution >= 0.6 is 0 Å². The van der Waals surface area contributed by atoms with Gasteiger partial charge in [0.1, 0.15) is 6.10 Å². The summed E-state index contributed by atoms with van der Waals surface area (Å²) in [6.07, 6.45) is -0.131. The Morgan fingerprint density at radius 1 is 1.17 bits per heavy atom. The summed E-state index contributed by atoms with van der Waals surface area (Å²) in [7, 11) is 0. The number of nitrogens with zero attached hydrogens (tertiary/aromatic N) is 1. The number of benzene rings is 2. The topological polar surface area (TPSA) is 82.6 Å². The van der Waals surface area contributed by atoms with Gasteiger partial charge in [0, 0.05) is 22.3 Å². The number of hydrogen-bond donors (Lipinski definition) is 2. The number of carbonyl (C=O) groups is 1. The van der Waals surface area contributed by atoms with Gasteiger partial charge in [0.25, 0.3) is 5.56 Å². The molecule has 0 radical (unpaired) electrons. The molecule has 1 amide bonds. The van der Waals surface area contributed by atoms with Gasteiger partial charge in [0.2, 0.25) is 0 Å². The smallest absolute Gasteiger partial charge is 0.414 e. The van der Waals surface area contributed by atoms with Crippen molar-refractivity contribution in [2.24, 2.45) is 5.92 Å². The number of anilines is 1. The molecule has 2 heterocycles. The van der Waals surface area contributed by atoms with E-state index in [4.69, 9.17) is 4.74 Å². The SMILES string of the molecule is CC(C)Cc1ccccc1-c1cc2ccc(N3CC(CO)OC3=O)cc2c(=O)[nH]1. The number of H-pyrrole nitrogens is 1. The minimum atomic E-state index is -0.545. The van der Waals surface area contributed by atoms with Crippen molar-refractivity contribution in [3.8, 4) is 11.3 Å². The number of cyclic esters (lactones) is 1. The maximum absolute atomic E-state index is 12.8. The number of ether oxygens (including phenoxy) is 1. The third-order valence-electron chi connectivity index (χ3n) is 5.15. The standard InChI is InChI=1S/C23H24N2O4/c1-14(2)9-15-5-3-4-6-19(15)21-10-16-7-8-17(11-20(16)22(27)24-21)25-12-18(13-26)29-23(25)28/h3-8,10-11,14,18,26H,9,12-13H2,1-2H3,(H,24,27). The Morgan fingerprint density at radius 2 is 1.97 bits per heavy atom. The molecule has 1 fully saturated rings. The Morgan fingerprint density at radius 3 is 2.69 bits per heavy atom. The summed E-state index contributed by atoms with van der Waals surface area (Å²) in [5.74, 6) is 0.508. The van der Waals surface area contributed by atoms with Crippen LogP contribution in [0, 0.1) is 5.92 Å². The number of carbonyl (C=O) groups excluding carboxylic acids is 1. The molecule has 1 atom stereocenters. The fourth-order valence-corrected chi connectivity index (χ4v) is 3.79. The Bertz CT molecular complexity index is 1120. The molecule has 6 heteroatoms. The molecule has 0 aliphatic carbocycles. The fraction of sp³-hybridized carbons (Fsp3) is 0.304. The largest absolute Gasteiger partial charge is 0.441 e. The third kappa shape index (κ3) is 3.76. The zero-order chi connectivity index (χ0) is 20.5. The van der Waals surface area contributed by atoms with Gasteiger partial charge in [-0.2, -0.15) is 0 Å². The van der Waals surface area contributed by atoms with Crippen molar-refractivity contribution < 1.29 is 14.6 Å². The van der Waals surface area contributed by atoms with E-state index >= 15 is 0 Å². The molecule has 6 nitrogen and oxygen atoms in total. The van der Waals surface area contributed by atoms with Crippen molar-refractivity contribution in [2.45, 2.75) is 26.4 Å². The molecular formula is C23H24N2O4. The fourth-order valence-electron chi connectivity index (χ4n) is 3.79. The molecule has 150 valence electrons. The highest BCUT2D eigenvalue weighted by Gasteiger charge is 2.32. The summed E-state index contributed by atoms with van der Waals surface area (Å²) in [5.41, 5.74) is 3.39. The number of hydrogen-bond acceptors (Lipinski definition) is 4. The normalized spacial score (nSPS) is 16.6. The number of nitrogens with one attached hydrogen (secondary N) is 1. The van der Waals surface area contributed by atoms with Gasteiger partial charge in [-0.05, 0) is 41.5 Å². The van der Waals surface area contributed by atoms with E-state index in [0.29, 0.717) is 17.0 Å². The van der Waals surface area contributed by atoms with Crippen LogP contribution in [0.4, 0.5) is 10.5 Å².